The van der Waals surface area contributed by atoms with Gasteiger partial charge in [-0.25, -0.2) is 14.4 Å². The molecule has 2 aromatic heterocycles. The summed E-state index contributed by atoms with van der Waals surface area (Å²) in [6, 6.07) is 9.08. The lowest BCUT2D eigenvalue weighted by atomic mass is 9.79. The first-order valence-electron chi connectivity index (χ1n) is 12.4. The number of carbonyl (C=O) groups excluding carboxylic acids is 1. The summed E-state index contributed by atoms with van der Waals surface area (Å²) < 4.78 is 15.2. The molecule has 0 aliphatic carbocycles. The van der Waals surface area contributed by atoms with E-state index in [4.69, 9.17) is 4.98 Å². The second kappa shape index (κ2) is 8.96. The van der Waals surface area contributed by atoms with Gasteiger partial charge in [0, 0.05) is 49.3 Å². The number of benzene rings is 1. The number of amides is 1. The Balaban J connectivity index is 1.42. The minimum Gasteiger partial charge on any atom is -0.356 e. The van der Waals surface area contributed by atoms with Gasteiger partial charge in [-0.15, -0.1) is 11.3 Å². The predicted octanol–water partition coefficient (Wildman–Crippen LogP) is 4.31. The Bertz CT molecular complexity index is 1450. The summed E-state index contributed by atoms with van der Waals surface area (Å²) >= 11 is 1.61. The van der Waals surface area contributed by atoms with E-state index in [1.165, 1.54) is 12.1 Å². The maximum Gasteiger partial charge on any atom is 0.245 e. The van der Waals surface area contributed by atoms with Crippen LogP contribution in [0, 0.1) is 29.5 Å². The van der Waals surface area contributed by atoms with Gasteiger partial charge in [0.15, 0.2) is 0 Å². The molecule has 9 heteroatoms. The normalized spacial score (nSPS) is 17.9. The van der Waals surface area contributed by atoms with Crippen LogP contribution in [0.25, 0.3) is 11.1 Å². The molecular formula is C28H27FN6OS. The quantitative estimate of drug-likeness (QED) is 0.483. The van der Waals surface area contributed by atoms with E-state index in [2.05, 4.69) is 27.4 Å². The largest absolute Gasteiger partial charge is 0.356 e. The Hall–Kier alpha value is -3.77. The Labute approximate surface area is 219 Å². The van der Waals surface area contributed by atoms with Gasteiger partial charge in [-0.2, -0.15) is 5.26 Å². The summed E-state index contributed by atoms with van der Waals surface area (Å²) in [7, 11) is 0. The molecule has 6 rings (SSSR count). The molecule has 3 aliphatic rings. The van der Waals surface area contributed by atoms with E-state index in [1.54, 1.807) is 23.5 Å². The molecule has 2 fully saturated rings. The molecule has 7 nitrogen and oxygen atoms in total. The highest BCUT2D eigenvalue weighted by Crippen LogP contribution is 2.44. The van der Waals surface area contributed by atoms with E-state index in [1.807, 2.05) is 23.4 Å². The standard InChI is InChI=1S/C28H27FN6OS/c1-3-24(36)35-15-28(16-35)9-11-34(14-28)26-21(12-30)25(19-6-4-5-7-22(19)29)20-8-10-33(13-23(20)32-26)27-18(2)31-17-37-27/h3-7,17H,1,8-11,13-16H2,2H3. The van der Waals surface area contributed by atoms with Gasteiger partial charge < -0.3 is 14.7 Å². The molecule has 1 aromatic carbocycles. The molecule has 0 atom stereocenters. The van der Waals surface area contributed by atoms with Gasteiger partial charge in [0.05, 0.1) is 23.4 Å². The van der Waals surface area contributed by atoms with Crippen LogP contribution in [0.5, 0.6) is 0 Å². The molecule has 3 aliphatic heterocycles. The van der Waals surface area contributed by atoms with Gasteiger partial charge in [-0.1, -0.05) is 24.8 Å². The fourth-order valence-corrected chi connectivity index (χ4v) is 6.89. The zero-order valence-corrected chi connectivity index (χ0v) is 21.5. The van der Waals surface area contributed by atoms with E-state index < -0.39 is 0 Å². The number of thiazole rings is 1. The van der Waals surface area contributed by atoms with Crippen molar-refractivity contribution in [3.05, 3.63) is 70.8 Å². The number of aryl methyl sites for hydroxylation is 1. The third-order valence-electron chi connectivity index (χ3n) is 7.88. The molecule has 0 bridgehead atoms. The lowest BCUT2D eigenvalue weighted by Gasteiger charge is -2.47. The van der Waals surface area contributed by atoms with Crippen molar-refractivity contribution < 1.29 is 9.18 Å². The first-order valence-corrected chi connectivity index (χ1v) is 13.3. The van der Waals surface area contributed by atoms with Crippen LogP contribution >= 0.6 is 11.3 Å². The van der Waals surface area contributed by atoms with Crippen molar-refractivity contribution in [3.8, 4) is 17.2 Å². The third kappa shape index (κ3) is 3.87. The number of nitriles is 1. The van der Waals surface area contributed by atoms with Crippen LogP contribution < -0.4 is 9.80 Å². The molecule has 3 aromatic rings. The van der Waals surface area contributed by atoms with E-state index in [0.29, 0.717) is 55.1 Å². The number of rotatable bonds is 4. The third-order valence-corrected chi connectivity index (χ3v) is 8.86. The number of carbonyl (C=O) groups is 1. The summed E-state index contributed by atoms with van der Waals surface area (Å²) in [6.07, 6.45) is 2.94. The van der Waals surface area contributed by atoms with Crippen LogP contribution in [0.2, 0.25) is 0 Å². The maximum atomic E-state index is 15.2. The zero-order chi connectivity index (χ0) is 25.7. The molecule has 37 heavy (non-hydrogen) atoms. The van der Waals surface area contributed by atoms with Gasteiger partial charge in [-0.05, 0) is 37.5 Å². The van der Waals surface area contributed by atoms with Crippen molar-refractivity contribution in [2.45, 2.75) is 26.3 Å². The smallest absolute Gasteiger partial charge is 0.245 e. The fourth-order valence-electron chi connectivity index (χ4n) is 6.06. The number of pyridine rings is 1. The van der Waals surface area contributed by atoms with Crippen LogP contribution in [0.4, 0.5) is 15.2 Å². The van der Waals surface area contributed by atoms with E-state index in [9.17, 15) is 10.1 Å². The van der Waals surface area contributed by atoms with Gasteiger partial charge in [-0.3, -0.25) is 4.79 Å². The zero-order valence-electron chi connectivity index (χ0n) is 20.7. The summed E-state index contributed by atoms with van der Waals surface area (Å²) in [5, 5.41) is 11.5. The van der Waals surface area contributed by atoms with Crippen LogP contribution in [-0.2, 0) is 17.8 Å². The van der Waals surface area contributed by atoms with Crippen molar-refractivity contribution in [1.29, 1.82) is 5.26 Å². The number of hydrogen-bond donors (Lipinski definition) is 0. The number of aromatic nitrogens is 2. The minimum absolute atomic E-state index is 0.00702. The number of nitrogens with zero attached hydrogens (tertiary/aromatic N) is 6. The predicted molar refractivity (Wildman–Crippen MR) is 142 cm³/mol. The molecule has 0 unspecified atom stereocenters. The van der Waals surface area contributed by atoms with Crippen molar-refractivity contribution in [2.24, 2.45) is 5.41 Å². The van der Waals surface area contributed by atoms with Crippen molar-refractivity contribution in [3.63, 3.8) is 0 Å². The van der Waals surface area contributed by atoms with Crippen LogP contribution in [0.15, 0.2) is 42.4 Å². The monoisotopic (exact) mass is 514 g/mol. The van der Waals surface area contributed by atoms with Crippen molar-refractivity contribution >= 4 is 28.1 Å². The van der Waals surface area contributed by atoms with Crippen molar-refractivity contribution in [1.82, 2.24) is 14.9 Å². The summed E-state index contributed by atoms with van der Waals surface area (Å²) in [5.74, 6) is 0.233. The molecule has 0 N–H and O–H groups in total. The average molecular weight is 515 g/mol. The Kier molecular flexibility index (Phi) is 5.72. The summed E-state index contributed by atoms with van der Waals surface area (Å²) in [6.45, 7) is 9.75. The molecule has 0 saturated carbocycles. The Morgan fingerprint density at radius 3 is 2.76 bits per heavy atom. The van der Waals surface area contributed by atoms with Gasteiger partial charge in [0.1, 0.15) is 28.3 Å². The second-order valence-corrected chi connectivity index (χ2v) is 11.0. The lowest BCUT2D eigenvalue weighted by molar-refractivity contribution is -0.136. The van der Waals surface area contributed by atoms with Crippen molar-refractivity contribution in [2.75, 3.05) is 42.5 Å². The number of hydrogen-bond acceptors (Lipinski definition) is 7. The van der Waals surface area contributed by atoms with Crippen LogP contribution in [0.3, 0.4) is 0 Å². The van der Waals surface area contributed by atoms with Gasteiger partial charge >= 0.3 is 0 Å². The topological polar surface area (TPSA) is 76.4 Å². The molecule has 0 radical (unpaired) electrons. The molecule has 2 saturated heterocycles. The van der Waals surface area contributed by atoms with E-state index in [0.717, 1.165) is 41.5 Å². The summed E-state index contributed by atoms with van der Waals surface area (Å²) in [5.41, 5.74) is 6.20. The highest BCUT2D eigenvalue weighted by molar-refractivity contribution is 7.14. The first kappa shape index (κ1) is 23.6. The maximum absolute atomic E-state index is 15.2. The highest BCUT2D eigenvalue weighted by atomic mass is 32.1. The number of anilines is 2. The number of fused-ring (bicyclic) bond motifs is 1. The minimum atomic E-state index is -0.338. The first-order chi connectivity index (χ1) is 17.9. The molecule has 188 valence electrons. The fraction of sp³-hybridized carbons (Fsp3) is 0.357. The number of likely N-dealkylation sites (tertiary alicyclic amines) is 1. The molecule has 1 amide bonds. The Morgan fingerprint density at radius 2 is 2.05 bits per heavy atom. The molecular weight excluding hydrogens is 487 g/mol. The Morgan fingerprint density at radius 1 is 1.24 bits per heavy atom. The highest BCUT2D eigenvalue weighted by Gasteiger charge is 2.49. The summed E-state index contributed by atoms with van der Waals surface area (Å²) in [4.78, 5) is 27.8. The van der Waals surface area contributed by atoms with E-state index >= 15 is 4.39 Å². The molecule has 5 heterocycles. The SMILES string of the molecule is C=CC(=O)N1CC2(CCN(c3nc4c(c(-c5ccccc5F)c3C#N)CCN(c3scnc3C)C4)C2)C1. The molecule has 1 spiro atoms. The number of halogens is 1. The van der Waals surface area contributed by atoms with E-state index in [-0.39, 0.29) is 17.1 Å². The lowest BCUT2D eigenvalue weighted by Crippen LogP contribution is -2.59. The van der Waals surface area contributed by atoms with Gasteiger partial charge in [0.2, 0.25) is 5.91 Å². The van der Waals surface area contributed by atoms with Gasteiger partial charge in [0.25, 0.3) is 0 Å². The second-order valence-electron chi connectivity index (χ2n) is 10.2. The van der Waals surface area contributed by atoms with Crippen LogP contribution in [-0.4, -0.2) is 53.5 Å². The average Bonchev–Trinajstić information content (AvgIpc) is 3.53. The van der Waals surface area contributed by atoms with Crippen LogP contribution in [0.1, 0.15) is 28.9 Å².